The molecule has 1 aromatic rings. The lowest BCUT2D eigenvalue weighted by molar-refractivity contribution is 0.0952. The van der Waals surface area contributed by atoms with Gasteiger partial charge in [-0.05, 0) is 50.7 Å². The van der Waals surface area contributed by atoms with E-state index in [1.165, 1.54) is 18.4 Å². The minimum atomic E-state index is 0.0510. The molecule has 18 heavy (non-hydrogen) atoms. The first-order valence-electron chi connectivity index (χ1n) is 6.49. The highest BCUT2D eigenvalue weighted by Gasteiger charge is 2.29. The summed E-state index contributed by atoms with van der Waals surface area (Å²) in [6.45, 7) is 6.78. The van der Waals surface area contributed by atoms with E-state index in [4.69, 9.17) is 0 Å². The average Bonchev–Trinajstić information content (AvgIpc) is 3.07. The number of hydrogen-bond acceptors (Lipinski definition) is 1. The highest BCUT2D eigenvalue weighted by atomic mass is 79.9. The second-order valence-corrected chi connectivity index (χ2v) is 6.51. The lowest BCUT2D eigenvalue weighted by atomic mass is 9.99. The van der Waals surface area contributed by atoms with Crippen LogP contribution in [0.4, 0.5) is 0 Å². The van der Waals surface area contributed by atoms with Crippen LogP contribution in [0.2, 0.25) is 0 Å². The summed E-state index contributed by atoms with van der Waals surface area (Å²) in [5.41, 5.74) is 4.15. The Labute approximate surface area is 117 Å². The van der Waals surface area contributed by atoms with Gasteiger partial charge in [0.25, 0.3) is 5.91 Å². The van der Waals surface area contributed by atoms with Gasteiger partial charge in [-0.25, -0.2) is 0 Å². The average molecular weight is 310 g/mol. The van der Waals surface area contributed by atoms with Crippen LogP contribution in [0.25, 0.3) is 0 Å². The second-order valence-electron chi connectivity index (χ2n) is 5.34. The third kappa shape index (κ3) is 3.14. The minimum absolute atomic E-state index is 0.0510. The normalized spacial score (nSPS) is 16.4. The maximum atomic E-state index is 12.2. The topological polar surface area (TPSA) is 29.1 Å². The molecule has 2 nitrogen and oxygen atoms in total. The summed E-state index contributed by atoms with van der Waals surface area (Å²) in [7, 11) is 0. The molecule has 0 radical (unpaired) electrons. The largest absolute Gasteiger partial charge is 0.351 e. The fraction of sp³-hybridized carbons (Fsp3) is 0.533. The van der Waals surface area contributed by atoms with E-state index in [0.29, 0.717) is 4.83 Å². The first-order valence-corrected chi connectivity index (χ1v) is 7.40. The van der Waals surface area contributed by atoms with Crippen LogP contribution in [0.5, 0.6) is 0 Å². The fourth-order valence-corrected chi connectivity index (χ4v) is 3.13. The lowest BCUT2D eigenvalue weighted by Gasteiger charge is -2.14. The number of aryl methyl sites for hydroxylation is 3. The Morgan fingerprint density at radius 1 is 1.33 bits per heavy atom. The molecule has 1 fully saturated rings. The molecule has 98 valence electrons. The fourth-order valence-electron chi connectivity index (χ4n) is 2.44. The van der Waals surface area contributed by atoms with E-state index in [0.717, 1.165) is 29.2 Å². The Morgan fingerprint density at radius 2 is 1.89 bits per heavy atom. The standard InChI is InChI=1S/C15H20BrNO/c1-9-6-10(2)14(11(3)7-9)15(18)17-8-13(16)12-4-5-12/h6-7,12-13H,4-5,8H2,1-3H3,(H,17,18). The molecule has 1 amide bonds. The number of carbonyl (C=O) groups is 1. The van der Waals surface area contributed by atoms with Crippen molar-refractivity contribution in [2.24, 2.45) is 5.92 Å². The minimum Gasteiger partial charge on any atom is -0.351 e. The summed E-state index contributed by atoms with van der Waals surface area (Å²) < 4.78 is 0. The Bertz CT molecular complexity index is 443. The number of nitrogens with one attached hydrogen (secondary N) is 1. The van der Waals surface area contributed by atoms with Gasteiger partial charge in [-0.1, -0.05) is 33.6 Å². The van der Waals surface area contributed by atoms with E-state index in [-0.39, 0.29) is 5.91 Å². The van der Waals surface area contributed by atoms with Gasteiger partial charge in [-0.3, -0.25) is 4.79 Å². The van der Waals surface area contributed by atoms with E-state index in [1.54, 1.807) is 0 Å². The predicted octanol–water partition coefficient (Wildman–Crippen LogP) is 3.52. The third-order valence-electron chi connectivity index (χ3n) is 3.50. The molecule has 1 N–H and O–H groups in total. The molecular weight excluding hydrogens is 290 g/mol. The molecule has 3 heteroatoms. The summed E-state index contributed by atoms with van der Waals surface area (Å²) in [5, 5.41) is 3.04. The lowest BCUT2D eigenvalue weighted by Crippen LogP contribution is -2.31. The number of alkyl halides is 1. The van der Waals surface area contributed by atoms with Gasteiger partial charge in [0.15, 0.2) is 0 Å². The molecule has 1 atom stereocenters. The van der Waals surface area contributed by atoms with Crippen molar-refractivity contribution < 1.29 is 4.79 Å². The first-order chi connectivity index (χ1) is 8.49. The van der Waals surface area contributed by atoms with Crippen LogP contribution in [0.15, 0.2) is 12.1 Å². The molecule has 0 aromatic heterocycles. The van der Waals surface area contributed by atoms with E-state index in [2.05, 4.69) is 40.3 Å². The van der Waals surface area contributed by atoms with Gasteiger partial charge in [-0.2, -0.15) is 0 Å². The van der Waals surface area contributed by atoms with E-state index < -0.39 is 0 Å². The number of halogens is 1. The van der Waals surface area contributed by atoms with E-state index in [9.17, 15) is 4.79 Å². The van der Waals surface area contributed by atoms with Gasteiger partial charge in [0.05, 0.1) is 0 Å². The van der Waals surface area contributed by atoms with Crippen molar-refractivity contribution in [3.63, 3.8) is 0 Å². The van der Waals surface area contributed by atoms with Gasteiger partial charge >= 0.3 is 0 Å². The number of rotatable bonds is 4. The highest BCUT2D eigenvalue weighted by Crippen LogP contribution is 2.36. The summed E-state index contributed by atoms with van der Waals surface area (Å²) in [6, 6.07) is 4.13. The van der Waals surface area contributed by atoms with Gasteiger partial charge in [0.1, 0.15) is 0 Å². The SMILES string of the molecule is Cc1cc(C)c(C(=O)NCC(Br)C2CC2)c(C)c1. The van der Waals surface area contributed by atoms with Crippen LogP contribution >= 0.6 is 15.9 Å². The predicted molar refractivity (Wildman–Crippen MR) is 78.4 cm³/mol. The molecule has 0 heterocycles. The number of carbonyl (C=O) groups excluding carboxylic acids is 1. The quantitative estimate of drug-likeness (QED) is 0.847. The van der Waals surface area contributed by atoms with Gasteiger partial charge in [0, 0.05) is 16.9 Å². The van der Waals surface area contributed by atoms with Crippen LogP contribution in [0.3, 0.4) is 0 Å². The van der Waals surface area contributed by atoms with Crippen LogP contribution in [0.1, 0.15) is 39.9 Å². The molecule has 2 rings (SSSR count). The second kappa shape index (κ2) is 5.43. The van der Waals surface area contributed by atoms with Crippen molar-refractivity contribution >= 4 is 21.8 Å². The van der Waals surface area contributed by atoms with Crippen LogP contribution < -0.4 is 5.32 Å². The van der Waals surface area contributed by atoms with Crippen molar-refractivity contribution in [1.29, 1.82) is 0 Å². The monoisotopic (exact) mass is 309 g/mol. The zero-order valence-corrected chi connectivity index (χ0v) is 12.8. The summed E-state index contributed by atoms with van der Waals surface area (Å²) in [4.78, 5) is 12.6. The molecule has 1 aliphatic carbocycles. The van der Waals surface area contributed by atoms with Crippen molar-refractivity contribution in [3.8, 4) is 0 Å². The highest BCUT2D eigenvalue weighted by molar-refractivity contribution is 9.09. The Morgan fingerprint density at radius 3 is 2.39 bits per heavy atom. The molecule has 1 aliphatic rings. The van der Waals surface area contributed by atoms with Crippen molar-refractivity contribution in [1.82, 2.24) is 5.32 Å². The van der Waals surface area contributed by atoms with Crippen LogP contribution in [-0.2, 0) is 0 Å². The Hall–Kier alpha value is -0.830. The smallest absolute Gasteiger partial charge is 0.251 e. The Kier molecular flexibility index (Phi) is 4.10. The molecule has 0 saturated heterocycles. The maximum absolute atomic E-state index is 12.2. The summed E-state index contributed by atoms with van der Waals surface area (Å²) in [5.74, 6) is 0.806. The number of benzene rings is 1. The van der Waals surface area contributed by atoms with Gasteiger partial charge in [0.2, 0.25) is 0 Å². The molecule has 1 unspecified atom stereocenters. The van der Waals surface area contributed by atoms with E-state index >= 15 is 0 Å². The number of amides is 1. The zero-order chi connectivity index (χ0) is 13.3. The number of hydrogen-bond donors (Lipinski definition) is 1. The van der Waals surface area contributed by atoms with Gasteiger partial charge < -0.3 is 5.32 Å². The van der Waals surface area contributed by atoms with Crippen LogP contribution in [0, 0.1) is 26.7 Å². The van der Waals surface area contributed by atoms with Crippen molar-refractivity contribution in [2.75, 3.05) is 6.54 Å². The summed E-state index contributed by atoms with van der Waals surface area (Å²) in [6.07, 6.45) is 2.57. The molecule has 0 spiro atoms. The molecule has 1 saturated carbocycles. The first kappa shape index (κ1) is 13.6. The molecule has 0 aliphatic heterocycles. The zero-order valence-electron chi connectivity index (χ0n) is 11.2. The Balaban J connectivity index is 2.04. The molecule has 1 aromatic carbocycles. The molecule has 0 bridgehead atoms. The van der Waals surface area contributed by atoms with Gasteiger partial charge in [-0.15, -0.1) is 0 Å². The van der Waals surface area contributed by atoms with Crippen molar-refractivity contribution in [3.05, 3.63) is 34.4 Å². The third-order valence-corrected chi connectivity index (χ3v) is 4.57. The summed E-state index contributed by atoms with van der Waals surface area (Å²) >= 11 is 3.64. The maximum Gasteiger partial charge on any atom is 0.251 e. The molecular formula is C15H20BrNO. The van der Waals surface area contributed by atoms with Crippen LogP contribution in [-0.4, -0.2) is 17.3 Å². The van der Waals surface area contributed by atoms with Crippen molar-refractivity contribution in [2.45, 2.75) is 38.4 Å². The van der Waals surface area contributed by atoms with E-state index in [1.807, 2.05) is 13.8 Å².